The third-order valence-corrected chi connectivity index (χ3v) is 5.27. The van der Waals surface area contributed by atoms with Gasteiger partial charge in [0.05, 0.1) is 25.6 Å². The smallest absolute Gasteiger partial charge is 0.255 e. The van der Waals surface area contributed by atoms with Gasteiger partial charge in [-0.05, 0) is 36.8 Å². The summed E-state index contributed by atoms with van der Waals surface area (Å²) in [6.07, 6.45) is 2.97. The third-order valence-electron chi connectivity index (χ3n) is 3.45. The number of hydrogen-bond donors (Lipinski definition) is 1. The first-order valence-corrected chi connectivity index (χ1v) is 9.12. The molecule has 0 aliphatic carbocycles. The molecule has 1 heterocycles. The summed E-state index contributed by atoms with van der Waals surface area (Å²) < 4.78 is 31.5. The lowest BCUT2D eigenvalue weighted by Gasteiger charge is -2.18. The molecule has 0 radical (unpaired) electrons. The SMILES string of the molecule is COc1ccc(C)cc1S(=O)(=O)N(C)CC(=O)N/N=C\c1ccccn1. The Hall–Kier alpha value is -2.78. The number of pyridine rings is 1. The molecular formula is C17H20N4O4S. The molecule has 138 valence electrons. The van der Waals surface area contributed by atoms with Gasteiger partial charge in [-0.15, -0.1) is 0 Å². The van der Waals surface area contributed by atoms with Gasteiger partial charge in [-0.25, -0.2) is 13.8 Å². The molecule has 9 heteroatoms. The number of amides is 1. The topological polar surface area (TPSA) is 101 Å². The summed E-state index contributed by atoms with van der Waals surface area (Å²) in [6, 6.07) is 10.1. The number of ether oxygens (including phenoxy) is 1. The zero-order valence-electron chi connectivity index (χ0n) is 14.7. The first-order valence-electron chi connectivity index (χ1n) is 7.68. The zero-order valence-corrected chi connectivity index (χ0v) is 15.5. The summed E-state index contributed by atoms with van der Waals surface area (Å²) in [4.78, 5) is 16.0. The van der Waals surface area contributed by atoms with Crippen molar-refractivity contribution in [3.8, 4) is 5.75 Å². The quantitative estimate of drug-likeness (QED) is 0.577. The largest absolute Gasteiger partial charge is 0.495 e. The van der Waals surface area contributed by atoms with Gasteiger partial charge in [0.2, 0.25) is 10.0 Å². The van der Waals surface area contributed by atoms with E-state index in [0.29, 0.717) is 5.69 Å². The molecular weight excluding hydrogens is 356 g/mol. The minimum absolute atomic E-state index is 0.00675. The molecule has 0 unspecified atom stereocenters. The second-order valence-electron chi connectivity index (χ2n) is 5.46. The molecule has 0 saturated carbocycles. The maximum atomic E-state index is 12.7. The van der Waals surface area contributed by atoms with Gasteiger partial charge in [0, 0.05) is 13.2 Å². The Morgan fingerprint density at radius 2 is 2.12 bits per heavy atom. The molecule has 1 aromatic carbocycles. The number of sulfonamides is 1. The minimum atomic E-state index is -3.89. The second kappa shape index (κ2) is 8.54. The fourth-order valence-corrected chi connectivity index (χ4v) is 3.46. The predicted octanol–water partition coefficient (Wildman–Crippen LogP) is 1.17. The van der Waals surface area contributed by atoms with Crippen LogP contribution in [0.1, 0.15) is 11.3 Å². The van der Waals surface area contributed by atoms with Gasteiger partial charge >= 0.3 is 0 Å². The van der Waals surface area contributed by atoms with Crippen molar-refractivity contribution in [3.05, 3.63) is 53.9 Å². The number of likely N-dealkylation sites (N-methyl/N-ethyl adjacent to an activating group) is 1. The molecule has 0 aliphatic heterocycles. The Morgan fingerprint density at radius 1 is 1.35 bits per heavy atom. The van der Waals surface area contributed by atoms with Crippen molar-refractivity contribution in [1.82, 2.24) is 14.7 Å². The molecule has 26 heavy (non-hydrogen) atoms. The molecule has 0 fully saturated rings. The highest BCUT2D eigenvalue weighted by Gasteiger charge is 2.26. The first kappa shape index (κ1) is 19.5. The van der Waals surface area contributed by atoms with Crippen molar-refractivity contribution in [3.63, 3.8) is 0 Å². The standard InChI is InChI=1S/C17H20N4O4S/c1-13-7-8-15(25-3)16(10-13)26(23,24)21(2)12-17(22)20-19-11-14-6-4-5-9-18-14/h4-11H,12H2,1-3H3,(H,20,22)/b19-11-. The van der Waals surface area contributed by atoms with Crippen molar-refractivity contribution in [2.75, 3.05) is 20.7 Å². The Kier molecular flexibility index (Phi) is 6.42. The highest BCUT2D eigenvalue weighted by Crippen LogP contribution is 2.26. The third kappa shape index (κ3) is 4.87. The molecule has 0 spiro atoms. The molecule has 2 rings (SSSR count). The van der Waals surface area contributed by atoms with Crippen molar-refractivity contribution in [2.45, 2.75) is 11.8 Å². The molecule has 0 aliphatic rings. The lowest BCUT2D eigenvalue weighted by atomic mass is 10.2. The maximum absolute atomic E-state index is 12.7. The Bertz CT molecular complexity index is 898. The molecule has 0 saturated heterocycles. The van der Waals surface area contributed by atoms with Crippen LogP contribution in [-0.2, 0) is 14.8 Å². The average molecular weight is 376 g/mol. The number of aryl methyl sites for hydroxylation is 1. The lowest BCUT2D eigenvalue weighted by molar-refractivity contribution is -0.121. The zero-order chi connectivity index (χ0) is 19.2. The van der Waals surface area contributed by atoms with E-state index in [-0.39, 0.29) is 17.2 Å². The van der Waals surface area contributed by atoms with Crippen LogP contribution in [0.4, 0.5) is 0 Å². The van der Waals surface area contributed by atoms with E-state index in [0.717, 1.165) is 9.87 Å². The molecule has 2 aromatic rings. The van der Waals surface area contributed by atoms with Gasteiger partial charge in [-0.3, -0.25) is 9.78 Å². The van der Waals surface area contributed by atoms with E-state index in [1.54, 1.807) is 43.5 Å². The van der Waals surface area contributed by atoms with Gasteiger partial charge < -0.3 is 4.74 Å². The summed E-state index contributed by atoms with van der Waals surface area (Å²) >= 11 is 0. The monoisotopic (exact) mass is 376 g/mol. The lowest BCUT2D eigenvalue weighted by Crippen LogP contribution is -2.36. The van der Waals surface area contributed by atoms with Gasteiger partial charge in [-0.1, -0.05) is 12.1 Å². The van der Waals surface area contributed by atoms with Crippen LogP contribution < -0.4 is 10.2 Å². The van der Waals surface area contributed by atoms with Crippen LogP contribution in [-0.4, -0.2) is 50.5 Å². The van der Waals surface area contributed by atoms with Crippen LogP contribution >= 0.6 is 0 Å². The van der Waals surface area contributed by atoms with Crippen LogP contribution in [0.3, 0.4) is 0 Å². The molecule has 8 nitrogen and oxygen atoms in total. The normalized spacial score (nSPS) is 11.7. The molecule has 1 aromatic heterocycles. The summed E-state index contributed by atoms with van der Waals surface area (Å²) in [6.45, 7) is 1.39. The van der Waals surface area contributed by atoms with Crippen LogP contribution in [0.15, 0.2) is 52.6 Å². The molecule has 0 atom stereocenters. The molecule has 1 N–H and O–H groups in total. The number of methoxy groups -OCH3 is 1. The van der Waals surface area contributed by atoms with E-state index in [9.17, 15) is 13.2 Å². The van der Waals surface area contributed by atoms with E-state index in [1.165, 1.54) is 26.4 Å². The number of hydrogen-bond acceptors (Lipinski definition) is 6. The number of rotatable bonds is 7. The van der Waals surface area contributed by atoms with Gasteiger partial charge in [-0.2, -0.15) is 9.41 Å². The highest BCUT2D eigenvalue weighted by molar-refractivity contribution is 7.89. The van der Waals surface area contributed by atoms with Gasteiger partial charge in [0.25, 0.3) is 5.91 Å². The van der Waals surface area contributed by atoms with Crippen LogP contribution in [0, 0.1) is 6.92 Å². The van der Waals surface area contributed by atoms with Crippen molar-refractivity contribution in [1.29, 1.82) is 0 Å². The first-order chi connectivity index (χ1) is 12.3. The van der Waals surface area contributed by atoms with Crippen LogP contribution in [0.5, 0.6) is 5.75 Å². The number of benzene rings is 1. The van der Waals surface area contributed by atoms with Gasteiger partial charge in [0.1, 0.15) is 10.6 Å². The summed E-state index contributed by atoms with van der Waals surface area (Å²) in [7, 11) is -1.18. The highest BCUT2D eigenvalue weighted by atomic mass is 32.2. The van der Waals surface area contributed by atoms with Gasteiger partial charge in [0.15, 0.2) is 0 Å². The number of nitrogens with zero attached hydrogens (tertiary/aromatic N) is 3. The van der Waals surface area contributed by atoms with E-state index in [4.69, 9.17) is 4.74 Å². The van der Waals surface area contributed by atoms with Crippen LogP contribution in [0.2, 0.25) is 0 Å². The fraction of sp³-hybridized carbons (Fsp3) is 0.235. The van der Waals surface area contributed by atoms with Crippen molar-refractivity contribution < 1.29 is 17.9 Å². The predicted molar refractivity (Wildman–Crippen MR) is 97.5 cm³/mol. The minimum Gasteiger partial charge on any atom is -0.495 e. The number of carbonyl (C=O) groups is 1. The summed E-state index contributed by atoms with van der Waals surface area (Å²) in [5, 5.41) is 3.76. The summed E-state index contributed by atoms with van der Waals surface area (Å²) in [5.74, 6) is -0.356. The number of carbonyl (C=O) groups excluding carboxylic acids is 1. The number of nitrogens with one attached hydrogen (secondary N) is 1. The average Bonchev–Trinajstić information content (AvgIpc) is 2.62. The molecule has 1 amide bonds. The van der Waals surface area contributed by atoms with Crippen molar-refractivity contribution in [2.24, 2.45) is 5.10 Å². The number of aromatic nitrogens is 1. The number of hydrazone groups is 1. The Morgan fingerprint density at radius 3 is 2.77 bits per heavy atom. The van der Waals surface area contributed by atoms with Crippen LogP contribution in [0.25, 0.3) is 0 Å². The second-order valence-corrected chi connectivity index (χ2v) is 7.48. The van der Waals surface area contributed by atoms with E-state index in [1.807, 2.05) is 0 Å². The van der Waals surface area contributed by atoms with Crippen molar-refractivity contribution >= 4 is 22.1 Å². The molecule has 0 bridgehead atoms. The van der Waals surface area contributed by atoms with E-state index < -0.39 is 15.9 Å². The maximum Gasteiger partial charge on any atom is 0.255 e. The fourth-order valence-electron chi connectivity index (χ4n) is 2.10. The summed E-state index contributed by atoms with van der Waals surface area (Å²) in [5.41, 5.74) is 3.61. The Labute approximate surface area is 152 Å². The Balaban J connectivity index is 2.06. The van der Waals surface area contributed by atoms with E-state index >= 15 is 0 Å². The van der Waals surface area contributed by atoms with E-state index in [2.05, 4.69) is 15.5 Å².